The Labute approximate surface area is 130 Å². The lowest BCUT2D eigenvalue weighted by molar-refractivity contribution is 0.433. The van der Waals surface area contributed by atoms with Crippen molar-refractivity contribution in [1.29, 1.82) is 0 Å². The molecular weight excluding hydrogens is 291 g/mol. The Morgan fingerprint density at radius 3 is 2.90 bits per heavy atom. The summed E-state index contributed by atoms with van der Waals surface area (Å²) in [6, 6.07) is 6.42. The number of rotatable bonds is 2. The fourth-order valence-electron chi connectivity index (χ4n) is 3.34. The maximum Gasteiger partial charge on any atom is 0.125 e. The summed E-state index contributed by atoms with van der Waals surface area (Å²) < 4.78 is 2.34. The van der Waals surface area contributed by atoms with Gasteiger partial charge in [-0.3, -0.25) is 0 Å². The van der Waals surface area contributed by atoms with E-state index in [4.69, 9.17) is 23.2 Å². The summed E-state index contributed by atoms with van der Waals surface area (Å²) in [6.07, 6.45) is 6.33. The molecule has 1 fully saturated rings. The van der Waals surface area contributed by atoms with Gasteiger partial charge >= 0.3 is 0 Å². The highest BCUT2D eigenvalue weighted by atomic mass is 35.5. The van der Waals surface area contributed by atoms with Crippen molar-refractivity contribution in [3.8, 4) is 0 Å². The molecule has 1 heterocycles. The van der Waals surface area contributed by atoms with E-state index in [1.807, 2.05) is 18.2 Å². The Kier molecular flexibility index (Phi) is 4.23. The fourth-order valence-corrected chi connectivity index (χ4v) is 3.70. The first-order valence-electron chi connectivity index (χ1n) is 7.41. The molecule has 20 heavy (non-hydrogen) atoms. The largest absolute Gasteiger partial charge is 0.324 e. The predicted molar refractivity (Wildman–Crippen MR) is 85.6 cm³/mol. The second-order valence-corrected chi connectivity index (χ2v) is 6.64. The van der Waals surface area contributed by atoms with E-state index in [0.717, 1.165) is 27.8 Å². The third kappa shape index (κ3) is 2.68. The molecule has 2 nitrogen and oxygen atoms in total. The van der Waals surface area contributed by atoms with Crippen LogP contribution >= 0.6 is 23.2 Å². The van der Waals surface area contributed by atoms with Crippen molar-refractivity contribution in [2.45, 2.75) is 50.9 Å². The monoisotopic (exact) mass is 310 g/mol. The molecule has 3 rings (SSSR count). The highest BCUT2D eigenvalue weighted by molar-refractivity contribution is 6.31. The van der Waals surface area contributed by atoms with E-state index in [0.29, 0.717) is 11.9 Å². The van der Waals surface area contributed by atoms with Crippen molar-refractivity contribution in [2.75, 3.05) is 0 Å². The molecule has 1 aromatic carbocycles. The van der Waals surface area contributed by atoms with Crippen LogP contribution in [0.2, 0.25) is 5.02 Å². The van der Waals surface area contributed by atoms with Crippen LogP contribution in [0.25, 0.3) is 11.0 Å². The summed E-state index contributed by atoms with van der Waals surface area (Å²) in [6.45, 7) is 2.35. The van der Waals surface area contributed by atoms with Crippen LogP contribution in [0.1, 0.15) is 50.9 Å². The first-order valence-corrected chi connectivity index (χ1v) is 8.32. The molecule has 4 heteroatoms. The number of benzene rings is 1. The third-order valence-electron chi connectivity index (χ3n) is 4.44. The minimum Gasteiger partial charge on any atom is -0.324 e. The fraction of sp³-hybridized carbons (Fsp3) is 0.562. The van der Waals surface area contributed by atoms with Gasteiger partial charge in [0.1, 0.15) is 5.82 Å². The van der Waals surface area contributed by atoms with Crippen molar-refractivity contribution in [3.05, 3.63) is 29.0 Å². The summed E-state index contributed by atoms with van der Waals surface area (Å²) in [5, 5.41) is 0.766. The van der Waals surface area contributed by atoms with Gasteiger partial charge in [-0.2, -0.15) is 0 Å². The molecule has 1 aromatic heterocycles. The second kappa shape index (κ2) is 5.95. The number of hydrogen-bond donors (Lipinski definition) is 0. The summed E-state index contributed by atoms with van der Waals surface area (Å²) >= 11 is 12.3. The maximum absolute atomic E-state index is 6.16. The number of hydrogen-bond acceptors (Lipinski definition) is 1. The van der Waals surface area contributed by atoms with Gasteiger partial charge in [0.05, 0.1) is 16.9 Å². The van der Waals surface area contributed by atoms with Crippen LogP contribution in [0.5, 0.6) is 0 Å². The summed E-state index contributed by atoms with van der Waals surface area (Å²) in [4.78, 5) is 4.67. The average Bonchev–Trinajstić information content (AvgIpc) is 2.66. The smallest absolute Gasteiger partial charge is 0.125 e. The molecular formula is C16H20Cl2N2. The number of alkyl halides is 1. The molecule has 0 amide bonds. The quantitative estimate of drug-likeness (QED) is 0.523. The van der Waals surface area contributed by atoms with Crippen LogP contribution < -0.4 is 0 Å². The molecule has 0 spiro atoms. The number of fused-ring (bicyclic) bond motifs is 1. The Hall–Kier alpha value is -0.730. The average molecular weight is 311 g/mol. The van der Waals surface area contributed by atoms with E-state index in [2.05, 4.69) is 16.5 Å². The number of imidazole rings is 1. The minimum atomic E-state index is 0.457. The third-order valence-corrected chi connectivity index (χ3v) is 4.91. The van der Waals surface area contributed by atoms with Gasteiger partial charge < -0.3 is 4.57 Å². The predicted octanol–water partition coefficient (Wildman–Crippen LogP) is 5.57. The van der Waals surface area contributed by atoms with E-state index < -0.39 is 0 Å². The molecule has 0 N–H and O–H groups in total. The minimum absolute atomic E-state index is 0.457. The number of halogens is 2. The first-order chi connectivity index (χ1) is 9.69. The standard InChI is InChI=1S/C16H20Cl2N2/c1-11-3-2-4-13(7-5-11)20-15-9-12(18)6-8-14(15)19-16(20)10-17/h6,8-9,11,13H,2-5,7,10H2,1H3. The zero-order valence-electron chi connectivity index (χ0n) is 11.8. The molecule has 0 bridgehead atoms. The molecule has 2 aromatic rings. The molecule has 0 radical (unpaired) electrons. The Balaban J connectivity index is 2.06. The summed E-state index contributed by atoms with van der Waals surface area (Å²) in [5.41, 5.74) is 2.13. The highest BCUT2D eigenvalue weighted by Gasteiger charge is 2.22. The lowest BCUT2D eigenvalue weighted by Crippen LogP contribution is -2.11. The lowest BCUT2D eigenvalue weighted by atomic mass is 10.0. The van der Waals surface area contributed by atoms with Crippen LogP contribution in [0.3, 0.4) is 0 Å². The summed E-state index contributed by atoms with van der Waals surface area (Å²) in [7, 11) is 0. The molecule has 1 aliphatic rings. The van der Waals surface area contributed by atoms with Gasteiger partial charge in [-0.1, -0.05) is 31.4 Å². The summed E-state index contributed by atoms with van der Waals surface area (Å²) in [5.74, 6) is 2.26. The lowest BCUT2D eigenvalue weighted by Gasteiger charge is -2.19. The van der Waals surface area contributed by atoms with Gasteiger partial charge in [0.25, 0.3) is 0 Å². The van der Waals surface area contributed by atoms with Crippen molar-refractivity contribution >= 4 is 34.2 Å². The maximum atomic E-state index is 6.16. The van der Waals surface area contributed by atoms with Crippen molar-refractivity contribution in [3.63, 3.8) is 0 Å². The second-order valence-electron chi connectivity index (χ2n) is 5.93. The van der Waals surface area contributed by atoms with Crippen LogP contribution in [0.4, 0.5) is 0 Å². The Morgan fingerprint density at radius 2 is 2.10 bits per heavy atom. The molecule has 0 saturated heterocycles. The molecule has 1 saturated carbocycles. The highest BCUT2D eigenvalue weighted by Crippen LogP contribution is 2.34. The van der Waals surface area contributed by atoms with Crippen molar-refractivity contribution in [2.24, 2.45) is 5.92 Å². The number of nitrogens with zero attached hydrogens (tertiary/aromatic N) is 2. The Bertz CT molecular complexity index is 606. The van der Waals surface area contributed by atoms with Crippen LogP contribution in [-0.4, -0.2) is 9.55 Å². The zero-order chi connectivity index (χ0) is 14.1. The molecule has 0 aliphatic heterocycles. The first kappa shape index (κ1) is 14.2. The van der Waals surface area contributed by atoms with Crippen LogP contribution in [0.15, 0.2) is 18.2 Å². The molecule has 2 atom stereocenters. The van der Waals surface area contributed by atoms with Gasteiger partial charge in [0, 0.05) is 11.1 Å². The SMILES string of the molecule is CC1CCCC(n2c(CCl)nc3ccc(Cl)cc32)CC1. The van der Waals surface area contributed by atoms with E-state index >= 15 is 0 Å². The van der Waals surface area contributed by atoms with Gasteiger partial charge in [-0.05, 0) is 43.4 Å². The van der Waals surface area contributed by atoms with Crippen LogP contribution in [0, 0.1) is 5.92 Å². The zero-order valence-corrected chi connectivity index (χ0v) is 13.3. The molecule has 108 valence electrons. The van der Waals surface area contributed by atoms with E-state index in [1.54, 1.807) is 0 Å². The Morgan fingerprint density at radius 1 is 1.25 bits per heavy atom. The van der Waals surface area contributed by atoms with E-state index in [1.165, 1.54) is 32.1 Å². The van der Waals surface area contributed by atoms with Gasteiger partial charge in [-0.15, -0.1) is 11.6 Å². The number of aromatic nitrogens is 2. The van der Waals surface area contributed by atoms with E-state index in [9.17, 15) is 0 Å². The normalized spacial score (nSPS) is 23.9. The molecule has 2 unspecified atom stereocenters. The topological polar surface area (TPSA) is 17.8 Å². The van der Waals surface area contributed by atoms with E-state index in [-0.39, 0.29) is 0 Å². The van der Waals surface area contributed by atoms with Crippen molar-refractivity contribution in [1.82, 2.24) is 9.55 Å². The van der Waals surface area contributed by atoms with Crippen LogP contribution in [-0.2, 0) is 5.88 Å². The van der Waals surface area contributed by atoms with Crippen molar-refractivity contribution < 1.29 is 0 Å². The van der Waals surface area contributed by atoms with Gasteiger partial charge in [0.2, 0.25) is 0 Å². The molecule has 1 aliphatic carbocycles. The van der Waals surface area contributed by atoms with Gasteiger partial charge in [0.15, 0.2) is 0 Å². The van der Waals surface area contributed by atoms with Gasteiger partial charge in [-0.25, -0.2) is 4.98 Å².